The average Bonchev–Trinajstić information content (AvgIpc) is 2.04. The lowest BCUT2D eigenvalue weighted by Gasteiger charge is -1.94. The summed E-state index contributed by atoms with van der Waals surface area (Å²) >= 11 is 0. The number of rotatable bonds is 5. The quantitative estimate of drug-likeness (QED) is 0.437. The van der Waals surface area contributed by atoms with E-state index in [9.17, 15) is 4.79 Å². The third-order valence-electron chi connectivity index (χ3n) is 1.58. The summed E-state index contributed by atoms with van der Waals surface area (Å²) in [5.41, 5.74) is 0. The maximum Gasteiger partial charge on any atom is 0.132 e. The highest BCUT2D eigenvalue weighted by molar-refractivity contribution is 5.77. The molecular formula is C10H16O. The molecule has 0 rings (SSSR count). The van der Waals surface area contributed by atoms with E-state index in [0.717, 1.165) is 25.7 Å². The molecule has 1 nitrogen and oxygen atoms in total. The van der Waals surface area contributed by atoms with Gasteiger partial charge in [0.1, 0.15) is 5.78 Å². The molecule has 1 heteroatoms. The van der Waals surface area contributed by atoms with E-state index in [1.165, 1.54) is 0 Å². The molecule has 0 aliphatic carbocycles. The second-order valence-electron chi connectivity index (χ2n) is 2.53. The summed E-state index contributed by atoms with van der Waals surface area (Å²) in [7, 11) is 0. The Kier molecular flexibility index (Phi) is 6.82. The van der Waals surface area contributed by atoms with Gasteiger partial charge in [0.05, 0.1) is 0 Å². The van der Waals surface area contributed by atoms with Crippen molar-refractivity contribution in [3.05, 3.63) is 0 Å². The molecule has 0 aromatic carbocycles. The van der Waals surface area contributed by atoms with Gasteiger partial charge in [0.25, 0.3) is 0 Å². The van der Waals surface area contributed by atoms with Crippen molar-refractivity contribution in [2.24, 2.45) is 0 Å². The second kappa shape index (κ2) is 7.34. The first-order chi connectivity index (χ1) is 5.31. The Labute approximate surface area is 69.2 Å². The Balaban J connectivity index is 3.12. The van der Waals surface area contributed by atoms with Crippen LogP contribution in [0, 0.1) is 11.8 Å². The Hall–Kier alpha value is -0.770. The number of hydrogen-bond acceptors (Lipinski definition) is 1. The minimum atomic E-state index is 0.370. The average molecular weight is 152 g/mol. The Morgan fingerprint density at radius 1 is 1.36 bits per heavy atom. The van der Waals surface area contributed by atoms with Crippen molar-refractivity contribution in [1.82, 2.24) is 0 Å². The van der Waals surface area contributed by atoms with E-state index in [4.69, 9.17) is 0 Å². The SMILES string of the molecule is CC#CCCCCC(=O)CC. The van der Waals surface area contributed by atoms with Crippen LogP contribution in [0.1, 0.15) is 46.0 Å². The van der Waals surface area contributed by atoms with Crippen molar-refractivity contribution >= 4 is 5.78 Å². The van der Waals surface area contributed by atoms with Gasteiger partial charge in [0, 0.05) is 19.3 Å². The van der Waals surface area contributed by atoms with Gasteiger partial charge in [-0.25, -0.2) is 0 Å². The normalized spacial score (nSPS) is 8.55. The molecule has 0 aromatic heterocycles. The molecule has 62 valence electrons. The molecule has 11 heavy (non-hydrogen) atoms. The van der Waals surface area contributed by atoms with Gasteiger partial charge >= 0.3 is 0 Å². The summed E-state index contributed by atoms with van der Waals surface area (Å²) in [6.07, 6.45) is 4.42. The van der Waals surface area contributed by atoms with Crippen molar-refractivity contribution in [3.63, 3.8) is 0 Å². The highest BCUT2D eigenvalue weighted by Crippen LogP contribution is 2.00. The van der Waals surface area contributed by atoms with E-state index in [1.807, 2.05) is 13.8 Å². The van der Waals surface area contributed by atoms with E-state index < -0.39 is 0 Å². The molecular weight excluding hydrogens is 136 g/mol. The largest absolute Gasteiger partial charge is 0.300 e. The van der Waals surface area contributed by atoms with Crippen molar-refractivity contribution < 1.29 is 4.79 Å². The molecule has 0 radical (unpaired) electrons. The number of Topliss-reactive ketones (excluding diaryl/α,β-unsaturated/α-hetero) is 1. The van der Waals surface area contributed by atoms with Crippen LogP contribution in [-0.4, -0.2) is 5.78 Å². The van der Waals surface area contributed by atoms with E-state index in [0.29, 0.717) is 12.2 Å². The lowest BCUT2D eigenvalue weighted by molar-refractivity contribution is -0.118. The van der Waals surface area contributed by atoms with Crippen LogP contribution in [0.2, 0.25) is 0 Å². The van der Waals surface area contributed by atoms with Crippen molar-refractivity contribution in [1.29, 1.82) is 0 Å². The summed E-state index contributed by atoms with van der Waals surface area (Å²) in [5, 5.41) is 0. The predicted octanol–water partition coefficient (Wildman–Crippen LogP) is 2.55. The fraction of sp³-hybridized carbons (Fsp3) is 0.700. The fourth-order valence-electron chi connectivity index (χ4n) is 0.837. The Morgan fingerprint density at radius 2 is 2.09 bits per heavy atom. The Morgan fingerprint density at radius 3 is 2.64 bits per heavy atom. The van der Waals surface area contributed by atoms with Crippen LogP contribution in [0.4, 0.5) is 0 Å². The van der Waals surface area contributed by atoms with Crippen LogP contribution >= 0.6 is 0 Å². The molecule has 0 unspecified atom stereocenters. The van der Waals surface area contributed by atoms with Crippen molar-refractivity contribution in [3.8, 4) is 11.8 Å². The van der Waals surface area contributed by atoms with Crippen LogP contribution in [0.25, 0.3) is 0 Å². The zero-order valence-corrected chi connectivity index (χ0v) is 7.44. The summed E-state index contributed by atoms with van der Waals surface area (Å²) in [6, 6.07) is 0. The zero-order valence-electron chi connectivity index (χ0n) is 7.44. The van der Waals surface area contributed by atoms with Gasteiger partial charge in [-0.2, -0.15) is 0 Å². The molecule has 0 amide bonds. The molecule has 0 atom stereocenters. The lowest BCUT2D eigenvalue weighted by atomic mass is 10.1. The standard InChI is InChI=1S/C10H16O/c1-3-5-6-7-8-9-10(11)4-2/h4,6-9H2,1-2H3. The minimum Gasteiger partial charge on any atom is -0.300 e. The second-order valence-corrected chi connectivity index (χ2v) is 2.53. The molecule has 0 aliphatic rings. The van der Waals surface area contributed by atoms with E-state index >= 15 is 0 Å². The summed E-state index contributed by atoms with van der Waals surface area (Å²) < 4.78 is 0. The molecule has 0 aromatic rings. The monoisotopic (exact) mass is 152 g/mol. The van der Waals surface area contributed by atoms with E-state index in [1.54, 1.807) is 0 Å². The lowest BCUT2D eigenvalue weighted by Crippen LogP contribution is -1.93. The molecule has 0 bridgehead atoms. The van der Waals surface area contributed by atoms with Crippen LogP contribution in [-0.2, 0) is 4.79 Å². The number of carbonyl (C=O) groups is 1. The third-order valence-corrected chi connectivity index (χ3v) is 1.58. The van der Waals surface area contributed by atoms with Crippen LogP contribution < -0.4 is 0 Å². The first kappa shape index (κ1) is 10.2. The smallest absolute Gasteiger partial charge is 0.132 e. The summed E-state index contributed by atoms with van der Waals surface area (Å²) in [4.78, 5) is 10.8. The zero-order chi connectivity index (χ0) is 8.53. The van der Waals surface area contributed by atoms with Gasteiger partial charge in [-0.3, -0.25) is 4.79 Å². The minimum absolute atomic E-state index is 0.370. The summed E-state index contributed by atoms with van der Waals surface area (Å²) in [5.74, 6) is 6.18. The molecule has 0 fully saturated rings. The van der Waals surface area contributed by atoms with Gasteiger partial charge in [0.15, 0.2) is 0 Å². The summed E-state index contributed by atoms with van der Waals surface area (Å²) in [6.45, 7) is 3.76. The third kappa shape index (κ3) is 7.12. The van der Waals surface area contributed by atoms with Gasteiger partial charge in [-0.15, -0.1) is 11.8 Å². The van der Waals surface area contributed by atoms with Gasteiger partial charge in [0.2, 0.25) is 0 Å². The molecule has 0 heterocycles. The van der Waals surface area contributed by atoms with Crippen molar-refractivity contribution in [2.75, 3.05) is 0 Å². The maximum atomic E-state index is 10.8. The first-order valence-corrected chi connectivity index (χ1v) is 4.22. The fourth-order valence-corrected chi connectivity index (χ4v) is 0.837. The number of hydrogen-bond donors (Lipinski definition) is 0. The molecule has 0 N–H and O–H groups in total. The predicted molar refractivity (Wildman–Crippen MR) is 47.2 cm³/mol. The highest BCUT2D eigenvalue weighted by atomic mass is 16.1. The number of carbonyl (C=O) groups excluding carboxylic acids is 1. The maximum absolute atomic E-state index is 10.8. The number of ketones is 1. The molecule has 0 saturated carbocycles. The molecule has 0 spiro atoms. The van der Waals surface area contributed by atoms with Gasteiger partial charge in [-0.05, 0) is 19.8 Å². The topological polar surface area (TPSA) is 17.1 Å². The van der Waals surface area contributed by atoms with Crippen LogP contribution in [0.15, 0.2) is 0 Å². The van der Waals surface area contributed by atoms with Crippen molar-refractivity contribution in [2.45, 2.75) is 46.0 Å². The highest BCUT2D eigenvalue weighted by Gasteiger charge is 1.95. The molecule has 0 saturated heterocycles. The van der Waals surface area contributed by atoms with E-state index in [-0.39, 0.29) is 0 Å². The van der Waals surface area contributed by atoms with Crippen LogP contribution in [0.3, 0.4) is 0 Å². The Bertz CT molecular complexity index is 159. The van der Waals surface area contributed by atoms with Gasteiger partial charge in [-0.1, -0.05) is 6.92 Å². The van der Waals surface area contributed by atoms with Crippen LogP contribution in [0.5, 0.6) is 0 Å². The first-order valence-electron chi connectivity index (χ1n) is 4.22. The molecule has 0 aliphatic heterocycles. The van der Waals surface area contributed by atoms with E-state index in [2.05, 4.69) is 11.8 Å². The number of unbranched alkanes of at least 4 members (excludes halogenated alkanes) is 2. The van der Waals surface area contributed by atoms with Gasteiger partial charge < -0.3 is 0 Å².